The van der Waals surface area contributed by atoms with E-state index in [4.69, 9.17) is 0 Å². The predicted octanol–water partition coefficient (Wildman–Crippen LogP) is 2.21. The van der Waals surface area contributed by atoms with Gasteiger partial charge in [0.05, 0.1) is 0 Å². The van der Waals surface area contributed by atoms with Gasteiger partial charge in [-0.25, -0.2) is 0 Å². The molecule has 0 bridgehead atoms. The summed E-state index contributed by atoms with van der Waals surface area (Å²) in [7, 11) is 0. The largest absolute Gasteiger partial charge is 0.315 e. The highest BCUT2D eigenvalue weighted by Crippen LogP contribution is 2.22. The monoisotopic (exact) mass is 260 g/mol. The minimum Gasteiger partial charge on any atom is -0.315 e. The van der Waals surface area contributed by atoms with Crippen molar-refractivity contribution < 1.29 is 0 Å². The first kappa shape index (κ1) is 11.7. The smallest absolute Gasteiger partial charge is 0.304 e. The molecular weight excluding hydrogens is 244 g/mol. The molecule has 0 aliphatic heterocycles. The Balaban J connectivity index is 1.58. The van der Waals surface area contributed by atoms with E-state index in [1.54, 1.807) is 0 Å². The van der Waals surface area contributed by atoms with Gasteiger partial charge in [0, 0.05) is 24.2 Å². The summed E-state index contributed by atoms with van der Waals surface area (Å²) in [5.41, 5.74) is 5.32. The number of benzene rings is 1. The fraction of sp³-hybridized carbons (Fsp3) is 0.357. The fourth-order valence-electron chi connectivity index (χ4n) is 2.48. The number of nitrogens with one attached hydrogen (secondary N) is 2. The van der Waals surface area contributed by atoms with Crippen LogP contribution in [-0.2, 0) is 25.9 Å². The molecule has 1 aromatic carbocycles. The topological polar surface area (TPSA) is 44.9 Å². The van der Waals surface area contributed by atoms with Crippen LogP contribution in [0.4, 0.5) is 0 Å². The van der Waals surface area contributed by atoms with Crippen LogP contribution in [0.1, 0.15) is 28.8 Å². The summed E-state index contributed by atoms with van der Waals surface area (Å²) in [6.07, 6.45) is 3.75. The first-order valence-corrected chi connectivity index (χ1v) is 7.17. The molecule has 18 heavy (non-hydrogen) atoms. The zero-order valence-electron chi connectivity index (χ0n) is 10.2. The number of aromatic nitrogens is 1. The van der Waals surface area contributed by atoms with E-state index in [1.165, 1.54) is 47.3 Å². The molecule has 0 amide bonds. The third-order valence-electron chi connectivity index (χ3n) is 3.38. The van der Waals surface area contributed by atoms with Crippen LogP contribution < -0.4 is 10.2 Å². The lowest BCUT2D eigenvalue weighted by Crippen LogP contribution is -2.14. The molecular formula is C14H16N2OS. The zero-order valence-corrected chi connectivity index (χ0v) is 11.0. The maximum Gasteiger partial charge on any atom is 0.304 e. The number of fused-ring (bicyclic) bond motifs is 1. The van der Waals surface area contributed by atoms with Crippen LogP contribution in [0.25, 0.3) is 0 Å². The van der Waals surface area contributed by atoms with E-state index in [1.807, 2.05) is 5.38 Å². The number of hydrogen-bond acceptors (Lipinski definition) is 3. The average molecular weight is 260 g/mol. The Morgan fingerprint density at radius 2 is 2.11 bits per heavy atom. The molecule has 0 saturated carbocycles. The Kier molecular flexibility index (Phi) is 3.30. The van der Waals surface area contributed by atoms with Gasteiger partial charge in [0.15, 0.2) is 0 Å². The maximum atomic E-state index is 11.0. The number of hydrogen-bond donors (Lipinski definition) is 2. The third-order valence-corrected chi connectivity index (χ3v) is 4.10. The van der Waals surface area contributed by atoms with Crippen molar-refractivity contribution in [1.82, 2.24) is 10.3 Å². The highest BCUT2D eigenvalue weighted by Gasteiger charge is 2.10. The van der Waals surface area contributed by atoms with Crippen LogP contribution in [0.3, 0.4) is 0 Å². The molecule has 0 unspecified atom stereocenters. The number of thiazole rings is 1. The second kappa shape index (κ2) is 5.08. The van der Waals surface area contributed by atoms with Crippen molar-refractivity contribution in [1.29, 1.82) is 0 Å². The first-order valence-electron chi connectivity index (χ1n) is 6.29. The number of aryl methyl sites for hydroxylation is 2. The lowest BCUT2D eigenvalue weighted by atomic mass is 10.1. The van der Waals surface area contributed by atoms with Crippen molar-refractivity contribution in [2.24, 2.45) is 0 Å². The van der Waals surface area contributed by atoms with Gasteiger partial charge in [-0.2, -0.15) is 0 Å². The summed E-state index contributed by atoms with van der Waals surface area (Å²) < 4.78 is 0. The molecule has 0 radical (unpaired) electrons. The second-order valence-electron chi connectivity index (χ2n) is 4.73. The highest BCUT2D eigenvalue weighted by atomic mass is 32.1. The normalized spacial score (nSPS) is 13.8. The van der Waals surface area contributed by atoms with Crippen molar-refractivity contribution in [3.05, 3.63) is 55.6 Å². The van der Waals surface area contributed by atoms with Crippen molar-refractivity contribution >= 4 is 11.3 Å². The number of rotatable bonds is 4. The van der Waals surface area contributed by atoms with Gasteiger partial charge in [0.1, 0.15) is 0 Å². The maximum absolute atomic E-state index is 11.0. The van der Waals surface area contributed by atoms with E-state index >= 15 is 0 Å². The summed E-state index contributed by atoms with van der Waals surface area (Å²) in [5, 5.41) is 5.23. The van der Waals surface area contributed by atoms with E-state index in [-0.39, 0.29) is 4.87 Å². The summed E-state index contributed by atoms with van der Waals surface area (Å²) >= 11 is 1.22. The molecule has 1 aliphatic rings. The van der Waals surface area contributed by atoms with Crippen LogP contribution in [0.5, 0.6) is 0 Å². The molecule has 0 saturated heterocycles. The summed E-state index contributed by atoms with van der Waals surface area (Å²) in [5.74, 6) is 0. The molecule has 94 valence electrons. The number of H-pyrrole nitrogens is 1. The quantitative estimate of drug-likeness (QED) is 0.885. The van der Waals surface area contributed by atoms with Gasteiger partial charge in [-0.15, -0.1) is 0 Å². The minimum atomic E-state index is 0.0179. The summed E-state index contributed by atoms with van der Waals surface area (Å²) in [6.45, 7) is 1.57. The molecule has 2 N–H and O–H groups in total. The summed E-state index contributed by atoms with van der Waals surface area (Å²) in [4.78, 5) is 13.8. The molecule has 1 aromatic heterocycles. The van der Waals surface area contributed by atoms with Gasteiger partial charge in [-0.1, -0.05) is 29.5 Å². The molecule has 0 fully saturated rings. The molecule has 1 heterocycles. The van der Waals surface area contributed by atoms with Crippen LogP contribution in [0.2, 0.25) is 0 Å². The fourth-order valence-corrected chi connectivity index (χ4v) is 3.06. The Bertz CT molecular complexity index is 600. The SMILES string of the molecule is O=c1[nH]c(CNCc2ccc3c(c2)CCC3)cs1. The van der Waals surface area contributed by atoms with Crippen molar-refractivity contribution in [2.45, 2.75) is 32.4 Å². The number of aromatic amines is 1. The second-order valence-corrected chi connectivity index (χ2v) is 5.58. The van der Waals surface area contributed by atoms with Crippen LogP contribution in [-0.4, -0.2) is 4.98 Å². The van der Waals surface area contributed by atoms with Gasteiger partial charge >= 0.3 is 4.87 Å². The standard InChI is InChI=1S/C14H16N2OS/c17-14-16-13(9-18-14)8-15-7-10-4-5-11-2-1-3-12(11)6-10/h4-6,9,15H,1-3,7-8H2,(H,16,17). The van der Waals surface area contributed by atoms with Crippen molar-refractivity contribution in [3.8, 4) is 0 Å². The van der Waals surface area contributed by atoms with Crippen molar-refractivity contribution in [2.75, 3.05) is 0 Å². The highest BCUT2D eigenvalue weighted by molar-refractivity contribution is 7.07. The Hall–Kier alpha value is -1.39. The molecule has 3 nitrogen and oxygen atoms in total. The van der Waals surface area contributed by atoms with Gasteiger partial charge in [0.25, 0.3) is 0 Å². The van der Waals surface area contributed by atoms with Gasteiger partial charge in [-0.05, 0) is 36.0 Å². The molecule has 1 aliphatic carbocycles. The predicted molar refractivity (Wildman–Crippen MR) is 74.0 cm³/mol. The average Bonchev–Trinajstić information content (AvgIpc) is 2.97. The first-order chi connectivity index (χ1) is 8.81. The van der Waals surface area contributed by atoms with E-state index in [2.05, 4.69) is 28.5 Å². The van der Waals surface area contributed by atoms with Gasteiger partial charge in [0.2, 0.25) is 0 Å². The molecule has 0 spiro atoms. The lowest BCUT2D eigenvalue weighted by molar-refractivity contribution is 0.681. The van der Waals surface area contributed by atoms with Crippen molar-refractivity contribution in [3.63, 3.8) is 0 Å². The Labute approximate surface area is 110 Å². The van der Waals surface area contributed by atoms with Crippen LogP contribution >= 0.6 is 11.3 Å². The lowest BCUT2D eigenvalue weighted by Gasteiger charge is -2.06. The van der Waals surface area contributed by atoms with Gasteiger partial charge in [-0.3, -0.25) is 4.79 Å². The van der Waals surface area contributed by atoms with E-state index in [9.17, 15) is 4.79 Å². The molecule has 2 aromatic rings. The Morgan fingerprint density at radius 3 is 2.94 bits per heavy atom. The van der Waals surface area contributed by atoms with E-state index in [0.717, 1.165) is 18.8 Å². The van der Waals surface area contributed by atoms with E-state index in [0.29, 0.717) is 0 Å². The summed E-state index contributed by atoms with van der Waals surface area (Å²) in [6, 6.07) is 6.77. The Morgan fingerprint density at radius 1 is 1.22 bits per heavy atom. The van der Waals surface area contributed by atoms with E-state index < -0.39 is 0 Å². The molecule has 3 rings (SSSR count). The molecule has 0 atom stereocenters. The van der Waals surface area contributed by atoms with Crippen LogP contribution in [0, 0.1) is 0 Å². The molecule has 4 heteroatoms. The van der Waals surface area contributed by atoms with Gasteiger partial charge < -0.3 is 10.3 Å². The van der Waals surface area contributed by atoms with Crippen LogP contribution in [0.15, 0.2) is 28.4 Å². The minimum absolute atomic E-state index is 0.0179. The third kappa shape index (κ3) is 2.54. The zero-order chi connectivity index (χ0) is 12.4.